The Morgan fingerprint density at radius 1 is 0.821 bits per heavy atom. The van der Waals surface area contributed by atoms with Crippen molar-refractivity contribution in [1.82, 2.24) is 0 Å². The van der Waals surface area contributed by atoms with Crippen molar-refractivity contribution < 1.29 is 47.6 Å². The quantitative estimate of drug-likeness (QED) is 0.208. The molecule has 1 rings (SSSR count). The summed E-state index contributed by atoms with van der Waals surface area (Å²) in [4.78, 5) is 46.0. The van der Waals surface area contributed by atoms with Gasteiger partial charge < -0.3 is 28.4 Å². The molecule has 1 aliphatic heterocycles. The average molecular weight is 469 g/mol. The van der Waals surface area contributed by atoms with Gasteiger partial charge in [-0.05, 0) is 6.42 Å². The summed E-state index contributed by atoms with van der Waals surface area (Å²) in [5, 5.41) is 0.665. The molecule has 5 unspecified atom stereocenters. The van der Waals surface area contributed by atoms with E-state index in [1.165, 1.54) is 13.8 Å². The van der Waals surface area contributed by atoms with Crippen LogP contribution in [0.2, 0.25) is 0 Å². The fraction of sp³-hybridized carbons (Fsp3) is 0.765. The van der Waals surface area contributed by atoms with E-state index in [1.807, 2.05) is 0 Å². The first kappa shape index (κ1) is 24.3. The first-order valence-electron chi connectivity index (χ1n) is 8.63. The van der Waals surface area contributed by atoms with Crippen LogP contribution in [-0.2, 0) is 47.6 Å². The zero-order valence-electron chi connectivity index (χ0n) is 16.2. The van der Waals surface area contributed by atoms with Crippen molar-refractivity contribution in [3.05, 3.63) is 0 Å². The number of alkyl halides is 1. The molecule has 0 aromatic rings. The van der Waals surface area contributed by atoms with E-state index in [1.54, 1.807) is 0 Å². The summed E-state index contributed by atoms with van der Waals surface area (Å²) in [5.74, 6) is -2.61. The highest BCUT2D eigenvalue weighted by molar-refractivity contribution is 9.09. The zero-order valence-corrected chi connectivity index (χ0v) is 17.8. The first-order valence-corrected chi connectivity index (χ1v) is 9.75. The van der Waals surface area contributed by atoms with Gasteiger partial charge in [-0.25, -0.2) is 0 Å². The third kappa shape index (κ3) is 8.11. The number of carbonyl (C=O) groups excluding carboxylic acids is 4. The third-order valence-electron chi connectivity index (χ3n) is 3.51. The molecule has 1 heterocycles. The van der Waals surface area contributed by atoms with Gasteiger partial charge in [-0.1, -0.05) is 15.9 Å². The standard InChI is InChI=1S/C17H25BrO10/c1-9(19)24-8-13-14(25-10(2)20)15(26-11(3)21)16(27-12(4)22)17(28-13)23-7-5-6-18/h13-17H,5-8H2,1-4H3. The van der Waals surface area contributed by atoms with Crippen LogP contribution in [0.1, 0.15) is 34.1 Å². The molecule has 1 saturated heterocycles. The van der Waals surface area contributed by atoms with Gasteiger partial charge in [0.1, 0.15) is 12.7 Å². The van der Waals surface area contributed by atoms with Crippen LogP contribution >= 0.6 is 15.9 Å². The SMILES string of the molecule is CC(=O)OCC1OC(OCCCBr)C(OC(C)=O)C(OC(C)=O)C1OC(C)=O. The maximum Gasteiger partial charge on any atom is 0.303 e. The Bertz CT molecular complexity index is 566. The predicted octanol–water partition coefficient (Wildman–Crippen LogP) is 0.871. The predicted molar refractivity (Wildman–Crippen MR) is 96.3 cm³/mol. The van der Waals surface area contributed by atoms with Gasteiger partial charge in [-0.2, -0.15) is 0 Å². The molecule has 11 heteroatoms. The first-order chi connectivity index (χ1) is 13.1. The number of esters is 4. The van der Waals surface area contributed by atoms with Crippen LogP contribution in [0.4, 0.5) is 0 Å². The number of carbonyl (C=O) groups is 4. The molecule has 0 N–H and O–H groups in total. The lowest BCUT2D eigenvalue weighted by molar-refractivity contribution is -0.308. The topological polar surface area (TPSA) is 124 Å². The fourth-order valence-corrected chi connectivity index (χ4v) is 2.81. The van der Waals surface area contributed by atoms with Crippen LogP contribution in [-0.4, -0.2) is 73.1 Å². The van der Waals surface area contributed by atoms with Crippen molar-refractivity contribution in [2.75, 3.05) is 18.5 Å². The monoisotopic (exact) mass is 468 g/mol. The number of hydrogen-bond donors (Lipinski definition) is 0. The molecular weight excluding hydrogens is 444 g/mol. The molecule has 0 spiro atoms. The third-order valence-corrected chi connectivity index (χ3v) is 4.07. The molecule has 0 aromatic carbocycles. The van der Waals surface area contributed by atoms with Crippen LogP contribution in [0.5, 0.6) is 0 Å². The number of rotatable bonds is 9. The van der Waals surface area contributed by atoms with Gasteiger partial charge in [0.2, 0.25) is 0 Å². The number of hydrogen-bond acceptors (Lipinski definition) is 10. The molecule has 160 valence electrons. The molecule has 10 nitrogen and oxygen atoms in total. The van der Waals surface area contributed by atoms with Gasteiger partial charge in [0.15, 0.2) is 24.6 Å². The van der Waals surface area contributed by atoms with Crippen LogP contribution in [0.25, 0.3) is 0 Å². The van der Waals surface area contributed by atoms with Gasteiger partial charge in [0.25, 0.3) is 0 Å². The van der Waals surface area contributed by atoms with Gasteiger partial charge in [0.05, 0.1) is 6.61 Å². The van der Waals surface area contributed by atoms with E-state index in [0.29, 0.717) is 11.8 Å². The Hall–Kier alpha value is -1.72. The summed E-state index contributed by atoms with van der Waals surface area (Å²) in [6, 6.07) is 0. The highest BCUT2D eigenvalue weighted by Crippen LogP contribution is 2.30. The average Bonchev–Trinajstić information content (AvgIpc) is 2.57. The zero-order chi connectivity index (χ0) is 21.3. The molecule has 0 saturated carbocycles. The van der Waals surface area contributed by atoms with Crippen molar-refractivity contribution in [1.29, 1.82) is 0 Å². The second-order valence-electron chi connectivity index (χ2n) is 5.98. The molecule has 0 aromatic heterocycles. The minimum absolute atomic E-state index is 0.249. The maximum absolute atomic E-state index is 11.6. The smallest absolute Gasteiger partial charge is 0.303 e. The molecule has 1 aliphatic rings. The molecule has 0 aliphatic carbocycles. The lowest BCUT2D eigenvalue weighted by Gasteiger charge is -2.44. The Balaban J connectivity index is 3.21. The van der Waals surface area contributed by atoms with Crippen LogP contribution in [0.3, 0.4) is 0 Å². The van der Waals surface area contributed by atoms with Crippen LogP contribution in [0.15, 0.2) is 0 Å². The molecule has 0 bridgehead atoms. The van der Waals surface area contributed by atoms with Crippen molar-refractivity contribution >= 4 is 39.8 Å². The van der Waals surface area contributed by atoms with Gasteiger partial charge in [-0.3, -0.25) is 19.2 Å². The number of halogens is 1. The molecule has 5 atom stereocenters. The molecule has 0 amide bonds. The molecule has 1 fully saturated rings. The lowest BCUT2D eigenvalue weighted by Crippen LogP contribution is -2.63. The summed E-state index contributed by atoms with van der Waals surface area (Å²) >= 11 is 3.27. The highest BCUT2D eigenvalue weighted by Gasteiger charge is 2.52. The molecule has 0 radical (unpaired) electrons. The van der Waals surface area contributed by atoms with Crippen LogP contribution in [0, 0.1) is 0 Å². The normalized spacial score (nSPS) is 26.8. The second-order valence-corrected chi connectivity index (χ2v) is 6.77. The van der Waals surface area contributed by atoms with E-state index in [9.17, 15) is 19.2 Å². The van der Waals surface area contributed by atoms with Gasteiger partial charge in [-0.15, -0.1) is 0 Å². The van der Waals surface area contributed by atoms with Crippen molar-refractivity contribution in [2.45, 2.75) is 64.8 Å². The maximum atomic E-state index is 11.6. The van der Waals surface area contributed by atoms with E-state index in [4.69, 9.17) is 28.4 Å². The van der Waals surface area contributed by atoms with Gasteiger partial charge in [0, 0.05) is 33.0 Å². The highest BCUT2D eigenvalue weighted by atomic mass is 79.9. The Morgan fingerprint density at radius 3 is 1.86 bits per heavy atom. The largest absolute Gasteiger partial charge is 0.463 e. The van der Waals surface area contributed by atoms with E-state index in [-0.39, 0.29) is 13.2 Å². The van der Waals surface area contributed by atoms with Crippen molar-refractivity contribution in [3.8, 4) is 0 Å². The summed E-state index contributed by atoms with van der Waals surface area (Å²) < 4.78 is 32.2. The Kier molecular flexibility index (Phi) is 10.4. The second kappa shape index (κ2) is 12.0. The molecule has 28 heavy (non-hydrogen) atoms. The van der Waals surface area contributed by atoms with E-state index >= 15 is 0 Å². The van der Waals surface area contributed by atoms with Crippen molar-refractivity contribution in [2.24, 2.45) is 0 Å². The van der Waals surface area contributed by atoms with Crippen molar-refractivity contribution in [3.63, 3.8) is 0 Å². The minimum Gasteiger partial charge on any atom is -0.463 e. The lowest BCUT2D eigenvalue weighted by atomic mass is 9.98. The summed E-state index contributed by atoms with van der Waals surface area (Å²) in [6.07, 6.45) is -5.07. The van der Waals surface area contributed by atoms with E-state index < -0.39 is 54.6 Å². The van der Waals surface area contributed by atoms with Crippen LogP contribution < -0.4 is 0 Å². The minimum atomic E-state index is -1.21. The van der Waals surface area contributed by atoms with E-state index in [0.717, 1.165) is 13.8 Å². The fourth-order valence-electron chi connectivity index (χ4n) is 2.58. The number of ether oxygens (including phenoxy) is 6. The summed E-state index contributed by atoms with van der Waals surface area (Å²) in [7, 11) is 0. The Morgan fingerprint density at radius 2 is 1.36 bits per heavy atom. The van der Waals surface area contributed by atoms with Gasteiger partial charge >= 0.3 is 23.9 Å². The van der Waals surface area contributed by atoms with E-state index in [2.05, 4.69) is 15.9 Å². The summed E-state index contributed by atoms with van der Waals surface area (Å²) in [6.45, 7) is 4.67. The summed E-state index contributed by atoms with van der Waals surface area (Å²) in [5.41, 5.74) is 0. The molecular formula is C17H25BrO10. The Labute approximate surface area is 171 Å².